The zero-order chi connectivity index (χ0) is 13.6. The number of hydrogen-bond donors (Lipinski definition) is 2. The third-order valence-electron chi connectivity index (χ3n) is 0.601. The molecule has 0 spiro atoms. The molecule has 96 valence electrons. The minimum atomic E-state index is -4.39. The van der Waals surface area contributed by atoms with Gasteiger partial charge in [-0.3, -0.25) is 9.11 Å². The summed E-state index contributed by atoms with van der Waals surface area (Å²) in [5, 5.41) is 18.7. The number of hydrogen-bond acceptors (Lipinski definition) is 8. The SMILES string of the molecule is O=C([O-])CS(=O)(=O)O.O=C([O-])CS(=O)(=O)O.[Ca+2]. The second kappa shape index (κ2) is 9.02. The van der Waals surface area contributed by atoms with E-state index in [1.54, 1.807) is 0 Å². The molecule has 10 nitrogen and oxygen atoms in total. The molecular weight excluding hydrogens is 312 g/mol. The zero-order valence-corrected chi connectivity index (χ0v) is 11.9. The maximum absolute atomic E-state index is 9.58. The van der Waals surface area contributed by atoms with E-state index in [2.05, 4.69) is 0 Å². The van der Waals surface area contributed by atoms with Crippen molar-refractivity contribution in [1.82, 2.24) is 0 Å². The van der Waals surface area contributed by atoms with E-state index in [1.165, 1.54) is 0 Å². The molecule has 0 atom stereocenters. The average Bonchev–Trinajstić information content (AvgIpc) is 1.72. The van der Waals surface area contributed by atoms with E-state index in [-0.39, 0.29) is 37.7 Å². The fraction of sp³-hybridized carbons (Fsp3) is 0.500. The van der Waals surface area contributed by atoms with Gasteiger partial charge in [0.15, 0.2) is 0 Å². The standard InChI is InChI=1S/2C2H4O5S.Ca/c2*3-2(4)1-8(5,6)7;/h2*1H2,(H,3,4)(H,5,6,7);/q;;+2/p-2. The number of rotatable bonds is 4. The molecular formula is C4H6CaO10S2. The smallest absolute Gasteiger partial charge is 0.549 e. The van der Waals surface area contributed by atoms with Gasteiger partial charge < -0.3 is 19.8 Å². The number of aliphatic carboxylic acids is 2. The summed E-state index contributed by atoms with van der Waals surface area (Å²) in [7, 11) is -8.77. The molecule has 0 amide bonds. The van der Waals surface area contributed by atoms with Gasteiger partial charge >= 0.3 is 37.7 Å². The first-order valence-electron chi connectivity index (χ1n) is 3.13. The number of carboxylic acid groups (broad SMARTS) is 2. The Hall–Kier alpha value is 0.0197. The van der Waals surface area contributed by atoms with Crippen molar-refractivity contribution in [2.75, 3.05) is 11.5 Å². The fourth-order valence-corrected chi connectivity index (χ4v) is 0.894. The van der Waals surface area contributed by atoms with E-state index in [4.69, 9.17) is 9.11 Å². The van der Waals surface area contributed by atoms with Gasteiger partial charge in [0.1, 0.15) is 11.5 Å². The van der Waals surface area contributed by atoms with Crippen molar-refractivity contribution in [1.29, 1.82) is 0 Å². The first-order chi connectivity index (χ1) is 6.83. The normalized spacial score (nSPS) is 10.5. The summed E-state index contributed by atoms with van der Waals surface area (Å²) >= 11 is 0. The molecule has 0 aromatic heterocycles. The Morgan fingerprint density at radius 1 is 0.824 bits per heavy atom. The van der Waals surface area contributed by atoms with Gasteiger partial charge in [0.2, 0.25) is 0 Å². The van der Waals surface area contributed by atoms with Gasteiger partial charge in [-0.2, -0.15) is 16.8 Å². The van der Waals surface area contributed by atoms with Crippen LogP contribution in [0.25, 0.3) is 0 Å². The number of carboxylic acids is 2. The first-order valence-corrected chi connectivity index (χ1v) is 6.35. The molecule has 0 bridgehead atoms. The fourth-order valence-electron chi connectivity index (χ4n) is 0.298. The molecule has 0 fully saturated rings. The second-order valence-corrected chi connectivity index (χ2v) is 5.10. The Labute approximate surface area is 126 Å². The van der Waals surface area contributed by atoms with Gasteiger partial charge in [-0.25, -0.2) is 0 Å². The minimum absolute atomic E-state index is 0. The van der Waals surface area contributed by atoms with Crippen LogP contribution in [-0.4, -0.2) is 87.1 Å². The van der Waals surface area contributed by atoms with E-state index in [1.807, 2.05) is 0 Å². The Balaban J connectivity index is -0.000000218. The van der Waals surface area contributed by atoms with Crippen molar-refractivity contribution in [3.8, 4) is 0 Å². The third-order valence-corrected chi connectivity index (χ3v) is 1.80. The van der Waals surface area contributed by atoms with E-state index < -0.39 is 43.7 Å². The molecule has 0 aliphatic heterocycles. The van der Waals surface area contributed by atoms with Crippen LogP contribution in [0.4, 0.5) is 0 Å². The van der Waals surface area contributed by atoms with Gasteiger partial charge in [0, 0.05) is 0 Å². The van der Waals surface area contributed by atoms with E-state index in [0.717, 1.165) is 0 Å². The Morgan fingerprint density at radius 2 is 1.00 bits per heavy atom. The van der Waals surface area contributed by atoms with E-state index in [9.17, 15) is 36.6 Å². The maximum Gasteiger partial charge on any atom is 2.00 e. The summed E-state index contributed by atoms with van der Waals surface area (Å²) in [6.45, 7) is 0. The van der Waals surface area contributed by atoms with Crippen LogP contribution >= 0.6 is 0 Å². The van der Waals surface area contributed by atoms with Crippen molar-refractivity contribution in [3.05, 3.63) is 0 Å². The van der Waals surface area contributed by atoms with Crippen molar-refractivity contribution in [2.45, 2.75) is 0 Å². The van der Waals surface area contributed by atoms with Gasteiger partial charge in [0.05, 0.1) is 11.9 Å². The van der Waals surface area contributed by atoms with Gasteiger partial charge in [0.25, 0.3) is 20.2 Å². The molecule has 0 aliphatic carbocycles. The first kappa shape index (κ1) is 22.2. The van der Waals surface area contributed by atoms with Gasteiger partial charge in [-0.1, -0.05) is 0 Å². The molecule has 0 rings (SSSR count). The van der Waals surface area contributed by atoms with Crippen molar-refractivity contribution in [3.63, 3.8) is 0 Å². The number of carbonyl (C=O) groups excluding carboxylic acids is 2. The van der Waals surface area contributed by atoms with Crippen LogP contribution in [0, 0.1) is 0 Å². The summed E-state index contributed by atoms with van der Waals surface area (Å²) in [6.07, 6.45) is 0. The van der Waals surface area contributed by atoms with Gasteiger partial charge in [-0.15, -0.1) is 0 Å². The largest absolute Gasteiger partial charge is 2.00 e. The predicted molar refractivity (Wildman–Crippen MR) is 48.6 cm³/mol. The predicted octanol–water partition coefficient (Wildman–Crippen LogP) is -5.13. The molecule has 0 aromatic carbocycles. The minimum Gasteiger partial charge on any atom is -0.549 e. The zero-order valence-electron chi connectivity index (χ0n) is 8.10. The van der Waals surface area contributed by atoms with Crippen LogP contribution in [0.1, 0.15) is 0 Å². The summed E-state index contributed by atoms with van der Waals surface area (Å²) < 4.78 is 53.8. The summed E-state index contributed by atoms with van der Waals surface area (Å²) in [4.78, 5) is 18.7. The van der Waals surface area contributed by atoms with Crippen LogP contribution < -0.4 is 10.2 Å². The average molecular weight is 318 g/mol. The molecule has 0 saturated carbocycles. The van der Waals surface area contributed by atoms with E-state index >= 15 is 0 Å². The molecule has 0 radical (unpaired) electrons. The van der Waals surface area contributed by atoms with Crippen LogP contribution in [0.2, 0.25) is 0 Å². The maximum atomic E-state index is 9.58. The number of carbonyl (C=O) groups is 2. The topological polar surface area (TPSA) is 189 Å². The summed E-state index contributed by atoms with van der Waals surface area (Å²) in [5.74, 6) is -6.31. The van der Waals surface area contributed by atoms with E-state index in [0.29, 0.717) is 0 Å². The van der Waals surface area contributed by atoms with Crippen LogP contribution in [-0.2, 0) is 29.8 Å². The van der Waals surface area contributed by atoms with Crippen molar-refractivity contribution < 1.29 is 45.7 Å². The summed E-state index contributed by atoms with van der Waals surface area (Å²) in [6, 6.07) is 0. The van der Waals surface area contributed by atoms with Crippen molar-refractivity contribution in [2.24, 2.45) is 0 Å². The molecule has 17 heavy (non-hydrogen) atoms. The summed E-state index contributed by atoms with van der Waals surface area (Å²) in [5.41, 5.74) is 0. The Morgan fingerprint density at radius 3 is 1.00 bits per heavy atom. The molecule has 0 aliphatic rings. The Kier molecular flexibility index (Phi) is 11.8. The van der Waals surface area contributed by atoms with Crippen LogP contribution in [0.3, 0.4) is 0 Å². The van der Waals surface area contributed by atoms with Crippen LogP contribution in [0.15, 0.2) is 0 Å². The monoisotopic (exact) mass is 318 g/mol. The molecule has 0 saturated heterocycles. The van der Waals surface area contributed by atoms with Crippen molar-refractivity contribution >= 4 is 69.9 Å². The molecule has 0 heterocycles. The molecule has 0 aromatic rings. The quantitative estimate of drug-likeness (QED) is 0.374. The second-order valence-electron chi connectivity index (χ2n) is 2.20. The van der Waals surface area contributed by atoms with Crippen LogP contribution in [0.5, 0.6) is 0 Å². The van der Waals surface area contributed by atoms with Gasteiger partial charge in [-0.05, 0) is 0 Å². The Bertz CT molecular complexity index is 403. The molecule has 13 heteroatoms. The molecule has 2 N–H and O–H groups in total. The molecule has 0 unspecified atom stereocenters. The third kappa shape index (κ3) is 31.4.